The Balaban J connectivity index is 2.22. The molecule has 1 atom stereocenters. The van der Waals surface area contributed by atoms with E-state index >= 15 is 0 Å². The second kappa shape index (κ2) is 11.4. The van der Waals surface area contributed by atoms with Crippen molar-refractivity contribution >= 4 is 22.4 Å². The number of aliphatic hydroxyl groups excluding tert-OH is 1. The van der Waals surface area contributed by atoms with Gasteiger partial charge in [-0.2, -0.15) is 0 Å². The highest BCUT2D eigenvalue weighted by Gasteiger charge is 2.14. The summed E-state index contributed by atoms with van der Waals surface area (Å²) in [6, 6.07) is 0. The summed E-state index contributed by atoms with van der Waals surface area (Å²) < 4.78 is 10.6. The van der Waals surface area contributed by atoms with Gasteiger partial charge >= 0.3 is 6.09 Å². The van der Waals surface area contributed by atoms with E-state index in [0.717, 1.165) is 19.3 Å². The van der Waals surface area contributed by atoms with Crippen LogP contribution in [0.2, 0.25) is 0 Å². The van der Waals surface area contributed by atoms with E-state index in [1.165, 1.54) is 17.5 Å². The third-order valence-electron chi connectivity index (χ3n) is 3.39. The fourth-order valence-corrected chi connectivity index (χ4v) is 2.65. The minimum Gasteiger partial charge on any atom is -0.467 e. The first kappa shape index (κ1) is 22.7. The topological polar surface area (TPSA) is 92.7 Å². The number of carbonyl (C=O) groups is 1. The smallest absolute Gasteiger partial charge is 0.412 e. The zero-order valence-electron chi connectivity index (χ0n) is 16.5. The summed E-state index contributed by atoms with van der Waals surface area (Å²) in [4.78, 5) is 15.8. The maximum atomic E-state index is 11.7. The van der Waals surface area contributed by atoms with E-state index in [9.17, 15) is 9.90 Å². The number of hydrogen-bond acceptors (Lipinski definition) is 7. The molecule has 3 N–H and O–H groups in total. The van der Waals surface area contributed by atoms with Gasteiger partial charge < -0.3 is 19.9 Å². The molecule has 1 aromatic rings. The van der Waals surface area contributed by atoms with Crippen molar-refractivity contribution in [3.8, 4) is 5.19 Å². The number of amides is 1. The largest absolute Gasteiger partial charge is 0.467 e. The molecule has 1 unspecified atom stereocenters. The molecule has 0 saturated heterocycles. The monoisotopic (exact) mass is 387 g/mol. The molecule has 26 heavy (non-hydrogen) atoms. The van der Waals surface area contributed by atoms with Crippen molar-refractivity contribution < 1.29 is 19.4 Å². The van der Waals surface area contributed by atoms with Crippen LogP contribution < -0.4 is 15.4 Å². The highest BCUT2D eigenvalue weighted by Crippen LogP contribution is 2.25. The van der Waals surface area contributed by atoms with Gasteiger partial charge in [0.1, 0.15) is 17.7 Å². The number of rotatable bonds is 11. The molecule has 1 rings (SSSR count). The molecule has 0 fully saturated rings. The summed E-state index contributed by atoms with van der Waals surface area (Å²) in [5.41, 5.74) is -0.0611. The van der Waals surface area contributed by atoms with Crippen LogP contribution in [0.3, 0.4) is 0 Å². The maximum Gasteiger partial charge on any atom is 0.412 e. The van der Waals surface area contributed by atoms with Crippen molar-refractivity contribution in [2.45, 2.75) is 65.5 Å². The van der Waals surface area contributed by atoms with Crippen molar-refractivity contribution in [1.29, 1.82) is 0 Å². The lowest BCUT2D eigenvalue weighted by atomic mass is 10.1. The predicted molar refractivity (Wildman–Crippen MR) is 105 cm³/mol. The Hall–Kier alpha value is -1.38. The van der Waals surface area contributed by atoms with Gasteiger partial charge in [0, 0.05) is 12.1 Å². The second-order valence-corrected chi connectivity index (χ2v) is 8.73. The molecule has 150 valence electrons. The summed E-state index contributed by atoms with van der Waals surface area (Å²) in [6.07, 6.45) is 3.45. The summed E-state index contributed by atoms with van der Waals surface area (Å²) in [5, 5.41) is 16.7. The average molecular weight is 388 g/mol. The molecule has 1 aromatic heterocycles. The number of nitrogens with one attached hydrogen (secondary N) is 2. The number of anilines is 1. The molecule has 0 radical (unpaired) electrons. The van der Waals surface area contributed by atoms with Crippen molar-refractivity contribution in [2.24, 2.45) is 5.92 Å². The standard InChI is InChI=1S/C18H33N3O4S/c1-13(2)8-6-7-9-24-16(23)21-15-11-19-17(26-15)25-12-14(22)10-20-18(3,4)5/h11,13-14,20,22H,6-10,12H2,1-5H3,(H,21,23). The van der Waals surface area contributed by atoms with Gasteiger partial charge in [-0.1, -0.05) is 31.6 Å². The van der Waals surface area contributed by atoms with Gasteiger partial charge in [-0.25, -0.2) is 9.78 Å². The number of thiazole rings is 1. The zero-order valence-corrected chi connectivity index (χ0v) is 17.3. The summed E-state index contributed by atoms with van der Waals surface area (Å²) in [5.74, 6) is 0.669. The highest BCUT2D eigenvalue weighted by molar-refractivity contribution is 7.17. The third kappa shape index (κ3) is 11.3. The third-order valence-corrected chi connectivity index (χ3v) is 4.21. The minimum absolute atomic E-state index is 0.0611. The van der Waals surface area contributed by atoms with Crippen LogP contribution in [-0.4, -0.2) is 47.6 Å². The first-order valence-corrected chi connectivity index (χ1v) is 9.93. The van der Waals surface area contributed by atoms with Crippen molar-refractivity contribution in [3.63, 3.8) is 0 Å². The number of unbranched alkanes of at least 4 members (excludes halogenated alkanes) is 1. The Bertz CT molecular complexity index is 529. The van der Waals surface area contributed by atoms with Crippen molar-refractivity contribution in [1.82, 2.24) is 10.3 Å². The maximum absolute atomic E-state index is 11.7. The molecule has 1 heterocycles. The van der Waals surface area contributed by atoms with Gasteiger partial charge in [-0.15, -0.1) is 0 Å². The Morgan fingerprint density at radius 3 is 2.73 bits per heavy atom. The number of aliphatic hydroxyl groups is 1. The number of nitrogens with zero attached hydrogens (tertiary/aromatic N) is 1. The van der Waals surface area contributed by atoms with Crippen LogP contribution in [0.25, 0.3) is 0 Å². The van der Waals surface area contributed by atoms with Crippen LogP contribution in [-0.2, 0) is 4.74 Å². The van der Waals surface area contributed by atoms with E-state index in [0.29, 0.717) is 29.3 Å². The van der Waals surface area contributed by atoms with Crippen LogP contribution in [0.5, 0.6) is 5.19 Å². The van der Waals surface area contributed by atoms with Gasteiger partial charge in [-0.05, 0) is 39.5 Å². The second-order valence-electron chi connectivity index (χ2n) is 7.74. The van der Waals surface area contributed by atoms with Crippen LogP contribution in [0.15, 0.2) is 6.20 Å². The summed E-state index contributed by atoms with van der Waals surface area (Å²) in [7, 11) is 0. The normalized spacial score (nSPS) is 12.9. The van der Waals surface area contributed by atoms with Gasteiger partial charge in [0.15, 0.2) is 0 Å². The first-order chi connectivity index (χ1) is 12.2. The molecular formula is C18H33N3O4S. The van der Waals surface area contributed by atoms with Crippen LogP contribution in [0.1, 0.15) is 53.9 Å². The summed E-state index contributed by atoms with van der Waals surface area (Å²) >= 11 is 1.20. The molecule has 7 nitrogen and oxygen atoms in total. The summed E-state index contributed by atoms with van der Waals surface area (Å²) in [6.45, 7) is 11.4. The van der Waals surface area contributed by atoms with Gasteiger partial charge in [0.25, 0.3) is 5.19 Å². The van der Waals surface area contributed by atoms with E-state index < -0.39 is 12.2 Å². The Labute approximate surface area is 160 Å². The lowest BCUT2D eigenvalue weighted by Gasteiger charge is -2.22. The van der Waals surface area contributed by atoms with Gasteiger partial charge in [0.2, 0.25) is 0 Å². The van der Waals surface area contributed by atoms with Crippen LogP contribution >= 0.6 is 11.3 Å². The van der Waals surface area contributed by atoms with Crippen molar-refractivity contribution in [2.75, 3.05) is 25.1 Å². The zero-order chi connectivity index (χ0) is 19.6. The number of ether oxygens (including phenoxy) is 2. The van der Waals surface area contributed by atoms with Crippen LogP contribution in [0, 0.1) is 5.92 Å². The molecule has 0 aliphatic rings. The molecule has 0 spiro atoms. The molecule has 0 saturated carbocycles. The SMILES string of the molecule is CC(C)CCCCOC(=O)Nc1cnc(OCC(O)CNC(C)(C)C)s1. The fourth-order valence-electron chi connectivity index (χ4n) is 1.99. The van der Waals surface area contributed by atoms with E-state index in [1.807, 2.05) is 20.8 Å². The average Bonchev–Trinajstić information content (AvgIpc) is 2.97. The number of carbonyl (C=O) groups excluding carboxylic acids is 1. The van der Waals surface area contributed by atoms with E-state index in [1.54, 1.807) is 0 Å². The molecular weight excluding hydrogens is 354 g/mol. The molecule has 0 aromatic carbocycles. The molecule has 8 heteroatoms. The Morgan fingerprint density at radius 2 is 2.08 bits per heavy atom. The number of hydrogen-bond donors (Lipinski definition) is 3. The highest BCUT2D eigenvalue weighted by atomic mass is 32.1. The van der Waals surface area contributed by atoms with E-state index in [-0.39, 0.29) is 12.1 Å². The van der Waals surface area contributed by atoms with Gasteiger partial charge in [0.05, 0.1) is 12.8 Å². The first-order valence-electron chi connectivity index (χ1n) is 9.11. The number of β-amino-alcohol motifs (C(OH)–C–C–N with tert-alkyl or cyclic N) is 1. The minimum atomic E-state index is -0.634. The van der Waals surface area contributed by atoms with E-state index in [2.05, 4.69) is 29.5 Å². The number of aromatic nitrogens is 1. The Kier molecular flexibility index (Phi) is 9.90. The molecule has 0 aliphatic heterocycles. The molecule has 0 aliphatic carbocycles. The van der Waals surface area contributed by atoms with Gasteiger partial charge in [-0.3, -0.25) is 5.32 Å². The van der Waals surface area contributed by atoms with E-state index in [4.69, 9.17) is 9.47 Å². The lowest BCUT2D eigenvalue weighted by molar-refractivity contribution is 0.0999. The lowest BCUT2D eigenvalue weighted by Crippen LogP contribution is -2.42. The quantitative estimate of drug-likeness (QED) is 0.502. The predicted octanol–water partition coefficient (Wildman–Crippen LogP) is 3.65. The Morgan fingerprint density at radius 1 is 1.35 bits per heavy atom. The molecule has 1 amide bonds. The fraction of sp³-hybridized carbons (Fsp3) is 0.778. The van der Waals surface area contributed by atoms with Crippen LogP contribution in [0.4, 0.5) is 9.80 Å². The van der Waals surface area contributed by atoms with Crippen molar-refractivity contribution in [3.05, 3.63) is 6.20 Å². The molecule has 0 bridgehead atoms.